The Bertz CT molecular complexity index is 256. The average Bonchev–Trinajstić information content (AvgIpc) is 2.21. The molecule has 1 amide bonds. The Labute approximate surface area is 103 Å². The fourth-order valence-corrected chi connectivity index (χ4v) is 1.18. The molecule has 0 aromatic carbocycles. The van der Waals surface area contributed by atoms with Gasteiger partial charge < -0.3 is 10.4 Å². The van der Waals surface area contributed by atoms with Gasteiger partial charge in [-0.2, -0.15) is 12.6 Å². The summed E-state index contributed by atoms with van der Waals surface area (Å²) in [6.07, 6.45) is 2.42. The minimum Gasteiger partial charge on any atom is -0.481 e. The third-order valence-corrected chi connectivity index (χ3v) is 2.88. The van der Waals surface area contributed by atoms with Crippen molar-refractivity contribution in [3.05, 3.63) is 9.89 Å². The maximum Gasteiger partial charge on any atom is 0.303 e. The molecule has 0 saturated carbocycles. The van der Waals surface area contributed by atoms with E-state index in [1.165, 1.54) is 5.41 Å². The summed E-state index contributed by atoms with van der Waals surface area (Å²) in [6, 6.07) is 0. The van der Waals surface area contributed by atoms with Crippen LogP contribution in [0.15, 0.2) is 9.89 Å². The van der Waals surface area contributed by atoms with Crippen molar-refractivity contribution < 1.29 is 14.7 Å². The van der Waals surface area contributed by atoms with Crippen molar-refractivity contribution in [1.29, 1.82) is 0 Å². The molecule has 0 aromatic heterocycles. The summed E-state index contributed by atoms with van der Waals surface area (Å²) in [4.78, 5) is 21.3. The van der Waals surface area contributed by atoms with Crippen LogP contribution in [0.3, 0.4) is 0 Å². The molecule has 15 heavy (non-hydrogen) atoms. The van der Waals surface area contributed by atoms with Gasteiger partial charge >= 0.3 is 5.97 Å². The van der Waals surface area contributed by atoms with E-state index in [0.29, 0.717) is 17.4 Å². The molecule has 0 saturated heterocycles. The van der Waals surface area contributed by atoms with Crippen LogP contribution in [-0.4, -0.2) is 23.5 Å². The monoisotopic (exact) mass is 295 g/mol. The van der Waals surface area contributed by atoms with Crippen LogP contribution in [0.25, 0.3) is 0 Å². The molecule has 0 aromatic rings. The van der Waals surface area contributed by atoms with Gasteiger partial charge in [-0.05, 0) is 34.2 Å². The van der Waals surface area contributed by atoms with E-state index < -0.39 is 5.97 Å². The second kappa shape index (κ2) is 8.79. The first kappa shape index (κ1) is 14.5. The minimum atomic E-state index is -0.778. The molecule has 0 heterocycles. The summed E-state index contributed by atoms with van der Waals surface area (Å²) in [7, 11) is 0. The summed E-state index contributed by atoms with van der Waals surface area (Å²) >= 11 is 6.86. The number of carbonyl (C=O) groups excluding carboxylic acids is 1. The lowest BCUT2D eigenvalue weighted by atomic mass is 10.2. The van der Waals surface area contributed by atoms with Crippen molar-refractivity contribution >= 4 is 40.4 Å². The zero-order valence-electron chi connectivity index (χ0n) is 8.20. The van der Waals surface area contributed by atoms with Gasteiger partial charge in [-0.1, -0.05) is 6.42 Å². The number of unbranched alkanes of at least 4 members (excludes halogenated alkanes) is 2. The lowest BCUT2D eigenvalue weighted by Crippen LogP contribution is -2.24. The fourth-order valence-electron chi connectivity index (χ4n) is 0.923. The summed E-state index contributed by atoms with van der Waals surface area (Å²) in [5, 5.41) is 12.4. The van der Waals surface area contributed by atoms with Gasteiger partial charge in [-0.15, -0.1) is 0 Å². The molecular weight excluding hydrogens is 282 g/mol. The Balaban J connectivity index is 3.39. The number of rotatable bonds is 7. The Hall–Kier alpha value is -0.490. The molecule has 0 fully saturated rings. The largest absolute Gasteiger partial charge is 0.481 e. The molecule has 86 valence electrons. The quantitative estimate of drug-likeness (QED) is 0.382. The molecule has 0 atom stereocenters. The number of amides is 1. The van der Waals surface area contributed by atoms with Gasteiger partial charge in [0, 0.05) is 13.0 Å². The number of hydrogen-bond acceptors (Lipinski definition) is 3. The van der Waals surface area contributed by atoms with Gasteiger partial charge in [0.05, 0.1) is 4.48 Å². The Morgan fingerprint density at radius 1 is 1.33 bits per heavy atom. The normalized spacial score (nSPS) is 11.2. The first-order valence-electron chi connectivity index (χ1n) is 4.57. The third kappa shape index (κ3) is 8.50. The predicted octanol–water partition coefficient (Wildman–Crippen LogP) is 1.91. The number of aliphatic carboxylic acids is 1. The molecule has 4 nitrogen and oxygen atoms in total. The molecule has 6 heteroatoms. The van der Waals surface area contributed by atoms with Crippen LogP contribution in [0.4, 0.5) is 0 Å². The molecule has 0 aliphatic heterocycles. The standard InChI is InChI=1S/C9H14BrNO3S/c10-7(6-15)9(14)11-5-3-1-2-4-8(12)13/h6,15H,1-5H2,(H,11,14)(H,12,13)/b7-6+. The second-order valence-electron chi connectivity index (χ2n) is 2.94. The van der Waals surface area contributed by atoms with Crippen molar-refractivity contribution in [3.8, 4) is 0 Å². The molecule has 0 radical (unpaired) electrons. The van der Waals surface area contributed by atoms with Crippen molar-refractivity contribution in [3.63, 3.8) is 0 Å². The highest BCUT2D eigenvalue weighted by molar-refractivity contribution is 9.12. The maximum absolute atomic E-state index is 11.1. The molecule has 0 aliphatic carbocycles. The minimum absolute atomic E-state index is 0.189. The van der Waals surface area contributed by atoms with Gasteiger partial charge in [-0.25, -0.2) is 0 Å². The van der Waals surface area contributed by atoms with Gasteiger partial charge in [0.2, 0.25) is 0 Å². The number of hydrogen-bond donors (Lipinski definition) is 3. The highest BCUT2D eigenvalue weighted by Gasteiger charge is 2.03. The molecular formula is C9H14BrNO3S. The fraction of sp³-hybridized carbons (Fsp3) is 0.556. The second-order valence-corrected chi connectivity index (χ2v) is 4.05. The SMILES string of the molecule is O=C(O)CCCCCNC(=O)/C(Br)=C\S. The first-order valence-corrected chi connectivity index (χ1v) is 5.88. The summed E-state index contributed by atoms with van der Waals surface area (Å²) < 4.78 is 0.386. The lowest BCUT2D eigenvalue weighted by Gasteiger charge is -2.03. The predicted molar refractivity (Wildman–Crippen MR) is 65.1 cm³/mol. The van der Waals surface area contributed by atoms with Crippen LogP contribution in [0.5, 0.6) is 0 Å². The van der Waals surface area contributed by atoms with Crippen LogP contribution in [0.1, 0.15) is 25.7 Å². The van der Waals surface area contributed by atoms with Gasteiger partial charge in [0.1, 0.15) is 0 Å². The molecule has 0 aliphatic rings. The number of halogens is 1. The number of nitrogens with one attached hydrogen (secondary N) is 1. The van der Waals surface area contributed by atoms with E-state index in [0.717, 1.165) is 12.8 Å². The number of carboxylic acid groups (broad SMARTS) is 1. The van der Waals surface area contributed by atoms with Gasteiger partial charge in [-0.3, -0.25) is 9.59 Å². The lowest BCUT2D eigenvalue weighted by molar-refractivity contribution is -0.137. The molecule has 0 rings (SSSR count). The van der Waals surface area contributed by atoms with Crippen molar-refractivity contribution in [2.45, 2.75) is 25.7 Å². The molecule has 2 N–H and O–H groups in total. The van der Waals surface area contributed by atoms with Crippen LogP contribution in [-0.2, 0) is 9.59 Å². The summed E-state index contributed by atoms with van der Waals surface area (Å²) in [5.74, 6) is -0.983. The van der Waals surface area contributed by atoms with E-state index in [4.69, 9.17) is 5.11 Å². The van der Waals surface area contributed by atoms with Crippen LogP contribution < -0.4 is 5.32 Å². The summed E-state index contributed by atoms with van der Waals surface area (Å²) in [6.45, 7) is 0.551. The molecule has 0 unspecified atom stereocenters. The highest BCUT2D eigenvalue weighted by atomic mass is 79.9. The Morgan fingerprint density at radius 3 is 2.53 bits per heavy atom. The van der Waals surface area contributed by atoms with Gasteiger partial charge in [0.15, 0.2) is 0 Å². The van der Waals surface area contributed by atoms with Crippen LogP contribution in [0.2, 0.25) is 0 Å². The number of thiol groups is 1. The topological polar surface area (TPSA) is 66.4 Å². The average molecular weight is 296 g/mol. The van der Waals surface area contributed by atoms with E-state index in [2.05, 4.69) is 33.9 Å². The van der Waals surface area contributed by atoms with E-state index in [1.54, 1.807) is 0 Å². The van der Waals surface area contributed by atoms with Gasteiger partial charge in [0.25, 0.3) is 5.91 Å². The highest BCUT2D eigenvalue weighted by Crippen LogP contribution is 2.05. The van der Waals surface area contributed by atoms with E-state index in [9.17, 15) is 9.59 Å². The van der Waals surface area contributed by atoms with E-state index >= 15 is 0 Å². The Kier molecular flexibility index (Phi) is 8.50. The molecule has 0 bridgehead atoms. The Morgan fingerprint density at radius 2 is 2.00 bits per heavy atom. The van der Waals surface area contributed by atoms with Crippen LogP contribution >= 0.6 is 28.6 Å². The first-order chi connectivity index (χ1) is 7.07. The van der Waals surface area contributed by atoms with E-state index in [1.807, 2.05) is 0 Å². The van der Waals surface area contributed by atoms with Crippen molar-refractivity contribution in [1.82, 2.24) is 5.32 Å². The smallest absolute Gasteiger partial charge is 0.303 e. The molecule has 0 spiro atoms. The van der Waals surface area contributed by atoms with Crippen molar-refractivity contribution in [2.24, 2.45) is 0 Å². The number of carboxylic acids is 1. The van der Waals surface area contributed by atoms with Crippen molar-refractivity contribution in [2.75, 3.05) is 6.54 Å². The summed E-state index contributed by atoms with van der Waals surface area (Å²) in [5.41, 5.74) is 0. The zero-order valence-corrected chi connectivity index (χ0v) is 10.7. The van der Waals surface area contributed by atoms with E-state index in [-0.39, 0.29) is 12.3 Å². The number of carbonyl (C=O) groups is 2. The third-order valence-electron chi connectivity index (χ3n) is 1.68. The zero-order chi connectivity index (χ0) is 11.7. The maximum atomic E-state index is 11.1. The van der Waals surface area contributed by atoms with Crippen LogP contribution in [0, 0.1) is 0 Å².